The first-order valence-electron chi connectivity index (χ1n) is 7.30. The molecule has 0 spiro atoms. The van der Waals surface area contributed by atoms with Gasteiger partial charge in [-0.05, 0) is 37.3 Å². The molecule has 104 valence electrons. The van der Waals surface area contributed by atoms with Crippen LogP contribution in [0, 0.1) is 0 Å². The van der Waals surface area contributed by atoms with Gasteiger partial charge >= 0.3 is 0 Å². The number of carbonyl (C=O) groups excluding carboxylic acids is 1. The highest BCUT2D eigenvalue weighted by molar-refractivity contribution is 5.76. The third-order valence-electron chi connectivity index (χ3n) is 3.86. The molecule has 0 bridgehead atoms. The zero-order valence-corrected chi connectivity index (χ0v) is 11.7. The molecule has 0 saturated carbocycles. The topological polar surface area (TPSA) is 41.1 Å². The highest BCUT2D eigenvalue weighted by Crippen LogP contribution is 2.18. The van der Waals surface area contributed by atoms with Gasteiger partial charge in [-0.1, -0.05) is 37.3 Å². The van der Waals surface area contributed by atoms with Crippen LogP contribution >= 0.6 is 0 Å². The van der Waals surface area contributed by atoms with Crippen molar-refractivity contribution in [3.63, 3.8) is 0 Å². The molecule has 1 fully saturated rings. The van der Waals surface area contributed by atoms with Gasteiger partial charge in [-0.2, -0.15) is 0 Å². The predicted octanol–water partition coefficient (Wildman–Crippen LogP) is 2.44. The SMILES string of the molecule is CC(CCNC1CCCNC(=O)C1)c1ccccc1. The Morgan fingerprint density at radius 1 is 1.37 bits per heavy atom. The van der Waals surface area contributed by atoms with Crippen molar-refractivity contribution in [1.82, 2.24) is 10.6 Å². The normalized spacial score (nSPS) is 21.5. The van der Waals surface area contributed by atoms with Crippen LogP contribution in [0.5, 0.6) is 0 Å². The molecule has 3 heteroatoms. The maximum absolute atomic E-state index is 11.5. The van der Waals surface area contributed by atoms with E-state index in [4.69, 9.17) is 0 Å². The van der Waals surface area contributed by atoms with Crippen molar-refractivity contribution >= 4 is 5.91 Å². The largest absolute Gasteiger partial charge is 0.356 e. The van der Waals surface area contributed by atoms with E-state index >= 15 is 0 Å². The third kappa shape index (κ3) is 4.67. The Morgan fingerprint density at radius 3 is 2.95 bits per heavy atom. The molecule has 1 saturated heterocycles. The Balaban J connectivity index is 1.72. The summed E-state index contributed by atoms with van der Waals surface area (Å²) in [7, 11) is 0. The fraction of sp³-hybridized carbons (Fsp3) is 0.562. The first-order chi connectivity index (χ1) is 9.25. The molecule has 0 aromatic heterocycles. The van der Waals surface area contributed by atoms with Crippen molar-refractivity contribution in [3.8, 4) is 0 Å². The van der Waals surface area contributed by atoms with Crippen molar-refractivity contribution in [1.29, 1.82) is 0 Å². The van der Waals surface area contributed by atoms with E-state index in [9.17, 15) is 4.79 Å². The van der Waals surface area contributed by atoms with Crippen molar-refractivity contribution in [2.45, 2.75) is 44.6 Å². The van der Waals surface area contributed by atoms with Gasteiger partial charge in [0.2, 0.25) is 5.91 Å². The van der Waals surface area contributed by atoms with Gasteiger partial charge in [0.25, 0.3) is 0 Å². The fourth-order valence-electron chi connectivity index (χ4n) is 2.60. The summed E-state index contributed by atoms with van der Waals surface area (Å²) in [5.41, 5.74) is 1.39. The van der Waals surface area contributed by atoms with E-state index in [1.54, 1.807) is 0 Å². The maximum atomic E-state index is 11.5. The summed E-state index contributed by atoms with van der Waals surface area (Å²) in [5, 5.41) is 6.45. The number of nitrogens with one attached hydrogen (secondary N) is 2. The van der Waals surface area contributed by atoms with Crippen LogP contribution in [0.25, 0.3) is 0 Å². The lowest BCUT2D eigenvalue weighted by molar-refractivity contribution is -0.121. The van der Waals surface area contributed by atoms with Gasteiger partial charge in [-0.25, -0.2) is 0 Å². The maximum Gasteiger partial charge on any atom is 0.221 e. The summed E-state index contributed by atoms with van der Waals surface area (Å²) >= 11 is 0. The summed E-state index contributed by atoms with van der Waals surface area (Å²) in [6.45, 7) is 4.07. The smallest absolute Gasteiger partial charge is 0.221 e. The number of carbonyl (C=O) groups is 1. The van der Waals surface area contributed by atoms with Crippen LogP contribution in [0.1, 0.15) is 44.1 Å². The van der Waals surface area contributed by atoms with Gasteiger partial charge < -0.3 is 10.6 Å². The zero-order chi connectivity index (χ0) is 13.5. The van der Waals surface area contributed by atoms with Gasteiger partial charge in [0, 0.05) is 19.0 Å². The molecule has 1 amide bonds. The van der Waals surface area contributed by atoms with Crippen LogP contribution < -0.4 is 10.6 Å². The van der Waals surface area contributed by atoms with Crippen molar-refractivity contribution in [2.75, 3.05) is 13.1 Å². The van der Waals surface area contributed by atoms with Crippen LogP contribution in [-0.2, 0) is 4.79 Å². The fourth-order valence-corrected chi connectivity index (χ4v) is 2.60. The molecule has 0 radical (unpaired) electrons. The van der Waals surface area contributed by atoms with E-state index in [2.05, 4.69) is 47.9 Å². The monoisotopic (exact) mass is 260 g/mol. The Hall–Kier alpha value is -1.35. The molecular weight excluding hydrogens is 236 g/mol. The first kappa shape index (κ1) is 14.1. The van der Waals surface area contributed by atoms with Crippen molar-refractivity contribution in [2.24, 2.45) is 0 Å². The Morgan fingerprint density at radius 2 is 2.16 bits per heavy atom. The molecule has 1 heterocycles. The quantitative estimate of drug-likeness (QED) is 0.854. The van der Waals surface area contributed by atoms with E-state index in [0.717, 1.165) is 32.4 Å². The average molecular weight is 260 g/mol. The van der Waals surface area contributed by atoms with Gasteiger partial charge in [0.05, 0.1) is 0 Å². The second kappa shape index (κ2) is 7.29. The molecule has 2 N–H and O–H groups in total. The predicted molar refractivity (Wildman–Crippen MR) is 78.1 cm³/mol. The van der Waals surface area contributed by atoms with Gasteiger partial charge in [-0.3, -0.25) is 4.79 Å². The molecular formula is C16H24N2O. The Labute approximate surface area is 115 Å². The summed E-state index contributed by atoms with van der Waals surface area (Å²) in [5.74, 6) is 0.749. The number of hydrogen-bond donors (Lipinski definition) is 2. The lowest BCUT2D eigenvalue weighted by Crippen LogP contribution is -2.33. The molecule has 19 heavy (non-hydrogen) atoms. The van der Waals surface area contributed by atoms with E-state index in [1.165, 1.54) is 5.56 Å². The molecule has 1 aliphatic heterocycles. The van der Waals surface area contributed by atoms with E-state index < -0.39 is 0 Å². The second-order valence-corrected chi connectivity index (χ2v) is 5.45. The van der Waals surface area contributed by atoms with Gasteiger partial charge in [-0.15, -0.1) is 0 Å². The number of amides is 1. The van der Waals surface area contributed by atoms with Crippen molar-refractivity contribution in [3.05, 3.63) is 35.9 Å². The lowest BCUT2D eigenvalue weighted by atomic mass is 9.97. The highest BCUT2D eigenvalue weighted by Gasteiger charge is 2.16. The van der Waals surface area contributed by atoms with Crippen LogP contribution in [-0.4, -0.2) is 25.0 Å². The van der Waals surface area contributed by atoms with E-state index in [0.29, 0.717) is 18.4 Å². The van der Waals surface area contributed by atoms with Crippen LogP contribution in [0.4, 0.5) is 0 Å². The Kier molecular flexibility index (Phi) is 5.40. The average Bonchev–Trinajstić information content (AvgIpc) is 2.64. The molecule has 3 nitrogen and oxygen atoms in total. The molecule has 1 aromatic rings. The van der Waals surface area contributed by atoms with Crippen LogP contribution in [0.2, 0.25) is 0 Å². The van der Waals surface area contributed by atoms with Gasteiger partial charge in [0.1, 0.15) is 0 Å². The molecule has 2 atom stereocenters. The molecule has 1 aliphatic rings. The number of rotatable bonds is 5. The lowest BCUT2D eigenvalue weighted by Gasteiger charge is -2.17. The minimum atomic E-state index is 0.186. The Bertz CT molecular complexity index is 391. The highest BCUT2D eigenvalue weighted by atomic mass is 16.1. The van der Waals surface area contributed by atoms with E-state index in [-0.39, 0.29) is 5.91 Å². The number of benzene rings is 1. The molecule has 1 aromatic carbocycles. The summed E-state index contributed by atoms with van der Waals surface area (Å²) < 4.78 is 0. The molecule has 2 unspecified atom stereocenters. The molecule has 2 rings (SSSR count). The summed E-state index contributed by atoms with van der Waals surface area (Å²) in [6, 6.07) is 11.0. The minimum absolute atomic E-state index is 0.186. The van der Waals surface area contributed by atoms with Crippen molar-refractivity contribution < 1.29 is 4.79 Å². The number of hydrogen-bond acceptors (Lipinski definition) is 2. The summed E-state index contributed by atoms with van der Waals surface area (Å²) in [4.78, 5) is 11.5. The minimum Gasteiger partial charge on any atom is -0.356 e. The standard InChI is InChI=1S/C16H24N2O/c1-13(14-6-3-2-4-7-14)9-11-17-15-8-5-10-18-16(19)12-15/h2-4,6-7,13,15,17H,5,8-12H2,1H3,(H,18,19). The second-order valence-electron chi connectivity index (χ2n) is 5.45. The van der Waals surface area contributed by atoms with Crippen LogP contribution in [0.15, 0.2) is 30.3 Å². The first-order valence-corrected chi connectivity index (χ1v) is 7.30. The molecule has 0 aliphatic carbocycles. The summed E-state index contributed by atoms with van der Waals surface area (Å²) in [6.07, 6.45) is 3.91. The third-order valence-corrected chi connectivity index (χ3v) is 3.86. The van der Waals surface area contributed by atoms with Crippen LogP contribution in [0.3, 0.4) is 0 Å². The zero-order valence-electron chi connectivity index (χ0n) is 11.7. The van der Waals surface area contributed by atoms with E-state index in [1.807, 2.05) is 0 Å². The van der Waals surface area contributed by atoms with Gasteiger partial charge in [0.15, 0.2) is 0 Å².